The van der Waals surface area contributed by atoms with Crippen LogP contribution in [-0.4, -0.2) is 25.2 Å². The lowest BCUT2D eigenvalue weighted by Gasteiger charge is -2.10. The van der Waals surface area contributed by atoms with Crippen molar-refractivity contribution in [2.75, 3.05) is 18.9 Å². The van der Waals surface area contributed by atoms with Crippen molar-refractivity contribution in [1.82, 2.24) is 5.32 Å². The van der Waals surface area contributed by atoms with Crippen molar-refractivity contribution in [3.63, 3.8) is 0 Å². The number of rotatable bonds is 5. The normalized spacial score (nSPS) is 10.7. The van der Waals surface area contributed by atoms with Gasteiger partial charge in [-0.15, -0.1) is 0 Å². The first-order valence-electron chi connectivity index (χ1n) is 5.56. The Hall–Kier alpha value is -0.970. The Morgan fingerprint density at radius 3 is 2.72 bits per heavy atom. The molecule has 0 fully saturated rings. The number of ether oxygens (including phenoxy) is 1. The zero-order valence-electron chi connectivity index (χ0n) is 10.3. The molecule has 0 aliphatic rings. The lowest BCUT2D eigenvalue weighted by molar-refractivity contribution is 0.0746. The van der Waals surface area contributed by atoms with E-state index in [-0.39, 0.29) is 27.6 Å². The Labute approximate surface area is 116 Å². The number of benzene rings is 1. The number of carbonyl (C=O) groups excluding carboxylic acids is 1. The number of amides is 1. The van der Waals surface area contributed by atoms with Crippen LogP contribution in [-0.2, 0) is 4.74 Å². The highest BCUT2D eigenvalue weighted by Gasteiger charge is 2.13. The highest BCUT2D eigenvalue weighted by Crippen LogP contribution is 2.28. The smallest absolute Gasteiger partial charge is 0.253 e. The van der Waals surface area contributed by atoms with Crippen molar-refractivity contribution in [3.05, 3.63) is 27.7 Å². The Morgan fingerprint density at radius 2 is 2.11 bits per heavy atom. The van der Waals surface area contributed by atoms with E-state index in [4.69, 9.17) is 33.7 Å². The van der Waals surface area contributed by atoms with Gasteiger partial charge in [0, 0.05) is 12.2 Å². The summed E-state index contributed by atoms with van der Waals surface area (Å²) in [6.45, 7) is 4.70. The number of anilines is 1. The molecule has 1 aromatic rings. The average Bonchev–Trinajstić information content (AvgIpc) is 2.28. The van der Waals surface area contributed by atoms with Gasteiger partial charge in [0.1, 0.15) is 0 Å². The zero-order chi connectivity index (χ0) is 13.7. The standard InChI is InChI=1S/C12H16Cl2N2O2/c1-7(2)18-4-3-16-12(17)9-5-8(15)6-10(13)11(9)14/h5-7H,3-4,15H2,1-2H3,(H,16,17). The summed E-state index contributed by atoms with van der Waals surface area (Å²) in [5, 5.41) is 3.15. The zero-order valence-corrected chi connectivity index (χ0v) is 11.8. The van der Waals surface area contributed by atoms with Crippen LogP contribution in [0.1, 0.15) is 24.2 Å². The summed E-state index contributed by atoms with van der Waals surface area (Å²) in [6.07, 6.45) is 0.132. The van der Waals surface area contributed by atoms with Gasteiger partial charge >= 0.3 is 0 Å². The fourth-order valence-corrected chi connectivity index (χ4v) is 1.75. The summed E-state index contributed by atoms with van der Waals surface area (Å²) in [7, 11) is 0. The molecule has 1 amide bonds. The fourth-order valence-electron chi connectivity index (χ4n) is 1.33. The molecular weight excluding hydrogens is 275 g/mol. The highest BCUT2D eigenvalue weighted by molar-refractivity contribution is 6.44. The van der Waals surface area contributed by atoms with Crippen molar-refractivity contribution >= 4 is 34.8 Å². The molecule has 4 nitrogen and oxygen atoms in total. The molecule has 100 valence electrons. The van der Waals surface area contributed by atoms with Crippen LogP contribution in [0, 0.1) is 0 Å². The molecule has 0 saturated heterocycles. The lowest BCUT2D eigenvalue weighted by atomic mass is 10.2. The first-order chi connectivity index (χ1) is 8.41. The van der Waals surface area contributed by atoms with Gasteiger partial charge in [0.25, 0.3) is 5.91 Å². The predicted octanol–water partition coefficient (Wildman–Crippen LogP) is 2.73. The van der Waals surface area contributed by atoms with Gasteiger partial charge in [-0.25, -0.2) is 0 Å². The summed E-state index contributed by atoms with van der Waals surface area (Å²) in [6, 6.07) is 3.00. The fraction of sp³-hybridized carbons (Fsp3) is 0.417. The Bertz CT molecular complexity index is 436. The second kappa shape index (κ2) is 6.83. The van der Waals surface area contributed by atoms with E-state index in [9.17, 15) is 4.79 Å². The monoisotopic (exact) mass is 290 g/mol. The average molecular weight is 291 g/mol. The molecule has 3 N–H and O–H groups in total. The topological polar surface area (TPSA) is 64.3 Å². The van der Waals surface area contributed by atoms with Crippen LogP contribution in [0.15, 0.2) is 12.1 Å². The van der Waals surface area contributed by atoms with Crippen LogP contribution in [0.3, 0.4) is 0 Å². The maximum absolute atomic E-state index is 11.8. The molecular formula is C12H16Cl2N2O2. The van der Waals surface area contributed by atoms with Crippen LogP contribution in [0.25, 0.3) is 0 Å². The Kier molecular flexibility index (Phi) is 5.72. The van der Waals surface area contributed by atoms with E-state index >= 15 is 0 Å². The molecule has 1 aromatic carbocycles. The Balaban J connectivity index is 2.62. The van der Waals surface area contributed by atoms with Crippen molar-refractivity contribution in [3.8, 4) is 0 Å². The van der Waals surface area contributed by atoms with Gasteiger partial charge in [-0.2, -0.15) is 0 Å². The summed E-state index contributed by atoms with van der Waals surface area (Å²) in [5.74, 6) is -0.318. The van der Waals surface area contributed by atoms with E-state index in [1.54, 1.807) is 0 Å². The minimum absolute atomic E-state index is 0.132. The quantitative estimate of drug-likeness (QED) is 0.647. The van der Waals surface area contributed by atoms with Crippen molar-refractivity contribution in [2.24, 2.45) is 0 Å². The largest absolute Gasteiger partial charge is 0.399 e. The number of halogens is 2. The van der Waals surface area contributed by atoms with Crippen LogP contribution in [0.2, 0.25) is 10.0 Å². The number of hydrogen-bond acceptors (Lipinski definition) is 3. The number of nitrogens with two attached hydrogens (primary N) is 1. The first-order valence-corrected chi connectivity index (χ1v) is 6.31. The highest BCUT2D eigenvalue weighted by atomic mass is 35.5. The van der Waals surface area contributed by atoms with E-state index in [0.717, 1.165) is 0 Å². The van der Waals surface area contributed by atoms with Crippen LogP contribution >= 0.6 is 23.2 Å². The first kappa shape index (κ1) is 15.1. The summed E-state index contributed by atoms with van der Waals surface area (Å²) in [4.78, 5) is 11.8. The summed E-state index contributed by atoms with van der Waals surface area (Å²) in [5.41, 5.74) is 6.28. The van der Waals surface area contributed by atoms with Gasteiger partial charge in [0.2, 0.25) is 0 Å². The molecule has 0 spiro atoms. The predicted molar refractivity (Wildman–Crippen MR) is 74.3 cm³/mol. The van der Waals surface area contributed by atoms with E-state index in [0.29, 0.717) is 18.8 Å². The molecule has 0 aliphatic heterocycles. The molecule has 18 heavy (non-hydrogen) atoms. The van der Waals surface area contributed by atoms with E-state index < -0.39 is 0 Å². The van der Waals surface area contributed by atoms with Gasteiger partial charge in [0.05, 0.1) is 28.3 Å². The number of nitrogen functional groups attached to an aromatic ring is 1. The van der Waals surface area contributed by atoms with E-state index in [2.05, 4.69) is 5.32 Å². The van der Waals surface area contributed by atoms with Crippen molar-refractivity contribution in [1.29, 1.82) is 0 Å². The summed E-state index contributed by atoms with van der Waals surface area (Å²) < 4.78 is 5.31. The molecule has 0 bridgehead atoms. The van der Waals surface area contributed by atoms with Crippen LogP contribution in [0.4, 0.5) is 5.69 Å². The van der Waals surface area contributed by atoms with Crippen molar-refractivity contribution < 1.29 is 9.53 Å². The maximum Gasteiger partial charge on any atom is 0.253 e. The van der Waals surface area contributed by atoms with Crippen LogP contribution in [0.5, 0.6) is 0 Å². The minimum Gasteiger partial charge on any atom is -0.399 e. The molecule has 0 aromatic heterocycles. The number of hydrogen-bond donors (Lipinski definition) is 2. The van der Waals surface area contributed by atoms with Crippen LogP contribution < -0.4 is 11.1 Å². The molecule has 0 radical (unpaired) electrons. The molecule has 6 heteroatoms. The third-order valence-electron chi connectivity index (χ3n) is 2.13. The molecule has 0 heterocycles. The van der Waals surface area contributed by atoms with E-state index in [1.807, 2.05) is 13.8 Å². The minimum atomic E-state index is -0.318. The maximum atomic E-state index is 11.8. The van der Waals surface area contributed by atoms with Gasteiger partial charge in [-0.05, 0) is 26.0 Å². The lowest BCUT2D eigenvalue weighted by Crippen LogP contribution is -2.28. The van der Waals surface area contributed by atoms with Gasteiger partial charge in [-0.3, -0.25) is 4.79 Å². The van der Waals surface area contributed by atoms with Gasteiger partial charge < -0.3 is 15.8 Å². The Morgan fingerprint density at radius 1 is 1.44 bits per heavy atom. The van der Waals surface area contributed by atoms with Crippen molar-refractivity contribution in [2.45, 2.75) is 20.0 Å². The second-order valence-corrected chi connectivity index (χ2v) is 4.82. The molecule has 0 saturated carbocycles. The van der Waals surface area contributed by atoms with E-state index in [1.165, 1.54) is 12.1 Å². The SMILES string of the molecule is CC(C)OCCNC(=O)c1cc(N)cc(Cl)c1Cl. The second-order valence-electron chi connectivity index (χ2n) is 4.04. The van der Waals surface area contributed by atoms with Gasteiger partial charge in [0.15, 0.2) is 0 Å². The molecule has 1 rings (SSSR count). The number of nitrogens with one attached hydrogen (secondary N) is 1. The third-order valence-corrected chi connectivity index (χ3v) is 2.94. The molecule has 0 unspecified atom stereocenters. The number of carbonyl (C=O) groups is 1. The summed E-state index contributed by atoms with van der Waals surface area (Å²) >= 11 is 11.8. The molecule has 0 aliphatic carbocycles. The van der Waals surface area contributed by atoms with Gasteiger partial charge in [-0.1, -0.05) is 23.2 Å². The third kappa shape index (κ3) is 4.37. The molecule has 0 atom stereocenters.